The number of rotatable bonds is 7. The van der Waals surface area contributed by atoms with Gasteiger partial charge in [-0.3, -0.25) is 9.59 Å². The highest BCUT2D eigenvalue weighted by atomic mass is 35.5. The largest absolute Gasteiger partial charge is 0.336 e. The third-order valence-electron chi connectivity index (χ3n) is 4.28. The maximum atomic E-state index is 13.4. The summed E-state index contributed by atoms with van der Waals surface area (Å²) in [6, 6.07) is 13.9. The lowest BCUT2D eigenvalue weighted by atomic mass is 10.1. The zero-order chi connectivity index (χ0) is 20.0. The Morgan fingerprint density at radius 1 is 1.11 bits per heavy atom. The first-order valence-electron chi connectivity index (χ1n) is 8.86. The molecule has 0 atom stereocenters. The molecule has 0 unspecified atom stereocenters. The quantitative estimate of drug-likeness (QED) is 0.689. The van der Waals surface area contributed by atoms with Gasteiger partial charge in [-0.15, -0.1) is 0 Å². The Labute approximate surface area is 164 Å². The monoisotopic (exact) mass is 390 g/mol. The van der Waals surface area contributed by atoms with Crippen molar-refractivity contribution in [2.24, 2.45) is 0 Å². The number of hydrogen-bond donors (Lipinski definition) is 0. The highest BCUT2D eigenvalue weighted by molar-refractivity contribution is 6.31. The summed E-state index contributed by atoms with van der Waals surface area (Å²) in [6.45, 7) is 6.05. The van der Waals surface area contributed by atoms with Gasteiger partial charge in [0.25, 0.3) is 0 Å². The lowest BCUT2D eigenvalue weighted by Crippen LogP contribution is -2.39. The summed E-state index contributed by atoms with van der Waals surface area (Å²) in [5.41, 5.74) is 1.52. The van der Waals surface area contributed by atoms with Crippen LogP contribution in [0.25, 0.3) is 0 Å². The molecule has 6 heteroatoms. The summed E-state index contributed by atoms with van der Waals surface area (Å²) < 4.78 is 13.4. The van der Waals surface area contributed by atoms with Crippen LogP contribution in [0, 0.1) is 5.82 Å². The van der Waals surface area contributed by atoms with Gasteiger partial charge in [-0.1, -0.05) is 41.9 Å². The number of hydrogen-bond acceptors (Lipinski definition) is 2. The molecular weight excluding hydrogens is 367 g/mol. The molecule has 0 spiro atoms. The second-order valence-electron chi connectivity index (χ2n) is 6.62. The van der Waals surface area contributed by atoms with Gasteiger partial charge in [-0.2, -0.15) is 0 Å². The van der Waals surface area contributed by atoms with Crippen LogP contribution in [0.3, 0.4) is 0 Å². The van der Waals surface area contributed by atoms with Crippen molar-refractivity contribution in [1.82, 2.24) is 4.90 Å². The number of carbonyl (C=O) groups excluding carboxylic acids is 2. The van der Waals surface area contributed by atoms with Gasteiger partial charge in [0.1, 0.15) is 5.82 Å². The zero-order valence-electron chi connectivity index (χ0n) is 15.8. The highest BCUT2D eigenvalue weighted by Gasteiger charge is 2.20. The van der Waals surface area contributed by atoms with Crippen molar-refractivity contribution >= 4 is 29.1 Å². The van der Waals surface area contributed by atoms with Gasteiger partial charge < -0.3 is 9.80 Å². The van der Waals surface area contributed by atoms with Crippen LogP contribution < -0.4 is 4.90 Å². The first-order valence-corrected chi connectivity index (χ1v) is 9.24. The van der Waals surface area contributed by atoms with Gasteiger partial charge in [-0.05, 0) is 37.6 Å². The van der Waals surface area contributed by atoms with E-state index >= 15 is 0 Å². The molecule has 0 aliphatic carbocycles. The number of carbonyl (C=O) groups is 2. The Bertz CT molecular complexity index is 796. The number of anilines is 1. The van der Waals surface area contributed by atoms with Gasteiger partial charge in [0.05, 0.1) is 5.02 Å². The smallest absolute Gasteiger partial charge is 0.224 e. The van der Waals surface area contributed by atoms with E-state index < -0.39 is 5.82 Å². The van der Waals surface area contributed by atoms with Crippen molar-refractivity contribution < 1.29 is 14.0 Å². The Morgan fingerprint density at radius 2 is 1.78 bits per heavy atom. The van der Waals surface area contributed by atoms with Crippen molar-refractivity contribution in [2.75, 3.05) is 11.4 Å². The van der Waals surface area contributed by atoms with Gasteiger partial charge >= 0.3 is 0 Å². The third-order valence-corrected chi connectivity index (χ3v) is 4.57. The molecule has 0 aromatic heterocycles. The molecule has 144 valence electrons. The molecule has 4 nitrogen and oxygen atoms in total. The average Bonchev–Trinajstić information content (AvgIpc) is 2.63. The predicted molar refractivity (Wildman–Crippen MR) is 106 cm³/mol. The fourth-order valence-corrected chi connectivity index (χ4v) is 2.99. The second kappa shape index (κ2) is 9.51. The van der Waals surface area contributed by atoms with Gasteiger partial charge in [0, 0.05) is 38.2 Å². The lowest BCUT2D eigenvalue weighted by Gasteiger charge is -2.28. The van der Waals surface area contributed by atoms with Crippen LogP contribution in [-0.2, 0) is 16.1 Å². The first-order chi connectivity index (χ1) is 12.8. The minimum atomic E-state index is -0.547. The molecular formula is C21H24ClFN2O2. The zero-order valence-corrected chi connectivity index (χ0v) is 16.5. The molecule has 2 amide bonds. The van der Waals surface area contributed by atoms with E-state index in [9.17, 15) is 14.0 Å². The number of amides is 2. The van der Waals surface area contributed by atoms with Crippen LogP contribution in [0.2, 0.25) is 5.02 Å². The molecule has 0 heterocycles. The lowest BCUT2D eigenvalue weighted by molar-refractivity contribution is -0.133. The first kappa shape index (κ1) is 20.9. The molecule has 0 bridgehead atoms. The van der Waals surface area contributed by atoms with Crippen LogP contribution in [0.1, 0.15) is 32.8 Å². The van der Waals surface area contributed by atoms with Crippen molar-refractivity contribution in [2.45, 2.75) is 39.8 Å². The maximum absolute atomic E-state index is 13.4. The number of nitrogens with zero attached hydrogens (tertiary/aromatic N) is 2. The summed E-state index contributed by atoms with van der Waals surface area (Å²) in [5.74, 6) is -0.827. The normalized spacial score (nSPS) is 10.7. The Kier molecular flexibility index (Phi) is 7.36. The highest BCUT2D eigenvalue weighted by Crippen LogP contribution is 2.23. The standard InChI is InChI=1S/C21H24ClFN2O2/c1-15(2)25(14-17-7-5-4-6-8-17)21(27)11-12-24(16(3)26)18-9-10-20(23)19(22)13-18/h4-10,13,15H,11-12,14H2,1-3H3. The topological polar surface area (TPSA) is 40.6 Å². The Morgan fingerprint density at radius 3 is 2.33 bits per heavy atom. The molecule has 2 rings (SSSR count). The molecule has 2 aromatic rings. The molecule has 0 N–H and O–H groups in total. The van der Waals surface area contributed by atoms with Crippen LogP contribution >= 0.6 is 11.6 Å². The van der Waals surface area contributed by atoms with Crippen molar-refractivity contribution in [3.05, 3.63) is 64.9 Å². The van der Waals surface area contributed by atoms with E-state index in [0.717, 1.165) is 5.56 Å². The van der Waals surface area contributed by atoms with Crippen molar-refractivity contribution in [3.8, 4) is 0 Å². The summed E-state index contributed by atoms with van der Waals surface area (Å²) in [6.07, 6.45) is 0.166. The molecule has 27 heavy (non-hydrogen) atoms. The Hall–Kier alpha value is -2.40. The van der Waals surface area contributed by atoms with Crippen LogP contribution in [0.5, 0.6) is 0 Å². The van der Waals surface area contributed by atoms with E-state index in [4.69, 9.17) is 11.6 Å². The van der Waals surface area contributed by atoms with Crippen LogP contribution in [0.15, 0.2) is 48.5 Å². The Balaban J connectivity index is 2.09. The van der Waals surface area contributed by atoms with Gasteiger partial charge in [0.2, 0.25) is 11.8 Å². The minimum Gasteiger partial charge on any atom is -0.336 e. The van der Waals surface area contributed by atoms with Crippen molar-refractivity contribution in [3.63, 3.8) is 0 Å². The fourth-order valence-electron chi connectivity index (χ4n) is 2.81. The van der Waals surface area contributed by atoms with Crippen LogP contribution in [0.4, 0.5) is 10.1 Å². The summed E-state index contributed by atoms with van der Waals surface area (Å²) in [5, 5.41) is -0.0574. The summed E-state index contributed by atoms with van der Waals surface area (Å²) in [4.78, 5) is 28.0. The molecule has 0 saturated heterocycles. The van der Waals surface area contributed by atoms with Gasteiger partial charge in [-0.25, -0.2) is 4.39 Å². The number of benzene rings is 2. The van der Waals surface area contributed by atoms with E-state index in [1.807, 2.05) is 44.2 Å². The molecule has 0 aliphatic rings. The average molecular weight is 391 g/mol. The van der Waals surface area contributed by atoms with E-state index in [0.29, 0.717) is 12.2 Å². The van der Waals surface area contributed by atoms with E-state index in [1.165, 1.54) is 30.0 Å². The maximum Gasteiger partial charge on any atom is 0.224 e. The molecule has 0 aliphatic heterocycles. The predicted octanol–water partition coefficient (Wildman–Crippen LogP) is 4.66. The number of halogens is 2. The minimum absolute atomic E-state index is 0.0312. The van der Waals surface area contributed by atoms with E-state index in [2.05, 4.69) is 0 Å². The summed E-state index contributed by atoms with van der Waals surface area (Å²) in [7, 11) is 0. The van der Waals surface area contributed by atoms with E-state index in [-0.39, 0.29) is 35.8 Å². The van der Waals surface area contributed by atoms with Gasteiger partial charge in [0.15, 0.2) is 0 Å². The molecule has 0 saturated carbocycles. The SMILES string of the molecule is CC(=O)N(CCC(=O)N(Cc1ccccc1)C(C)C)c1ccc(F)c(Cl)c1. The molecule has 2 aromatic carbocycles. The van der Waals surface area contributed by atoms with Crippen LogP contribution in [-0.4, -0.2) is 29.3 Å². The second-order valence-corrected chi connectivity index (χ2v) is 7.03. The third kappa shape index (κ3) is 5.79. The van der Waals surface area contributed by atoms with Crippen molar-refractivity contribution in [1.29, 1.82) is 0 Å². The molecule has 0 fully saturated rings. The molecule has 0 radical (unpaired) electrons. The summed E-state index contributed by atoms with van der Waals surface area (Å²) >= 11 is 5.82. The van der Waals surface area contributed by atoms with E-state index in [1.54, 1.807) is 4.90 Å². The fraction of sp³-hybridized carbons (Fsp3) is 0.333.